The molecule has 2 aromatic rings. The van der Waals surface area contributed by atoms with Crippen LogP contribution in [0.3, 0.4) is 0 Å². The summed E-state index contributed by atoms with van der Waals surface area (Å²) >= 11 is 0. The summed E-state index contributed by atoms with van der Waals surface area (Å²) in [6.07, 6.45) is 8.69. The summed E-state index contributed by atoms with van der Waals surface area (Å²) in [6.45, 7) is 1.08. The van der Waals surface area contributed by atoms with Crippen LogP contribution in [0.4, 0.5) is 4.39 Å². The molecule has 0 bridgehead atoms. The number of carbonyl (C=O) groups is 1. The second-order valence-corrected chi connectivity index (χ2v) is 8.40. The van der Waals surface area contributed by atoms with Gasteiger partial charge in [0.2, 0.25) is 0 Å². The molecule has 2 N–H and O–H groups in total. The number of allylic oxidation sites excluding steroid dienone is 2. The maximum absolute atomic E-state index is 15.0. The maximum atomic E-state index is 15.0. The van der Waals surface area contributed by atoms with E-state index in [9.17, 15) is 4.79 Å². The molecule has 5 rings (SSSR count). The third-order valence-electron chi connectivity index (χ3n) is 6.20. The summed E-state index contributed by atoms with van der Waals surface area (Å²) in [5.41, 5.74) is 13.4. The van der Waals surface area contributed by atoms with E-state index in [0.717, 1.165) is 29.8 Å². The number of carbonyl (C=O) groups excluding carboxylic acids is 1. The number of fused-ring (bicyclic) bond motifs is 1. The van der Waals surface area contributed by atoms with Gasteiger partial charge in [-0.25, -0.2) is 4.39 Å². The molecule has 1 saturated heterocycles. The van der Waals surface area contributed by atoms with E-state index < -0.39 is 5.82 Å². The van der Waals surface area contributed by atoms with Crippen molar-refractivity contribution < 1.29 is 9.18 Å². The largest absolute Gasteiger partial charge is 0.338 e. The molecule has 0 aromatic heterocycles. The lowest BCUT2D eigenvalue weighted by atomic mass is 10.0. The molecule has 1 amide bonds. The average molecular weight is 452 g/mol. The fraction of sp³-hybridized carbons (Fsp3) is 0.185. The van der Waals surface area contributed by atoms with Crippen LogP contribution < -0.4 is 5.73 Å². The zero-order valence-electron chi connectivity index (χ0n) is 18.4. The van der Waals surface area contributed by atoms with Gasteiger partial charge in [-0.05, 0) is 54.8 Å². The predicted octanol–water partition coefficient (Wildman–Crippen LogP) is 4.04. The van der Waals surface area contributed by atoms with Crippen molar-refractivity contribution in [1.82, 2.24) is 9.80 Å². The SMILES string of the molecule is N#Cc1ccc(C2=CC=C=C3C=NC(c4ccc(C(=O)N5CCC(N)CC5)c(F)c4)=CN32)cc1. The first-order valence-electron chi connectivity index (χ1n) is 11.1. The molecule has 3 aliphatic rings. The van der Waals surface area contributed by atoms with Gasteiger partial charge in [-0.1, -0.05) is 23.9 Å². The van der Waals surface area contributed by atoms with E-state index in [1.54, 1.807) is 29.3 Å². The van der Waals surface area contributed by atoms with Crippen LogP contribution in [0.15, 0.2) is 77.2 Å². The highest BCUT2D eigenvalue weighted by atomic mass is 19.1. The molecule has 3 aliphatic heterocycles. The summed E-state index contributed by atoms with van der Waals surface area (Å²) in [5, 5.41) is 9.07. The van der Waals surface area contributed by atoms with Crippen molar-refractivity contribution in [2.24, 2.45) is 10.7 Å². The van der Waals surface area contributed by atoms with E-state index in [-0.39, 0.29) is 17.5 Å². The second-order valence-electron chi connectivity index (χ2n) is 8.40. The van der Waals surface area contributed by atoms with Crippen LogP contribution >= 0.6 is 0 Å². The molecule has 168 valence electrons. The summed E-state index contributed by atoms with van der Waals surface area (Å²) in [5.74, 6) is -0.884. The van der Waals surface area contributed by atoms with Gasteiger partial charge < -0.3 is 15.5 Å². The first kappa shape index (κ1) is 21.6. The highest BCUT2D eigenvalue weighted by molar-refractivity contribution is 5.96. The van der Waals surface area contributed by atoms with Crippen LogP contribution in [0.5, 0.6) is 0 Å². The van der Waals surface area contributed by atoms with E-state index in [1.807, 2.05) is 35.4 Å². The Bertz CT molecular complexity index is 1350. The van der Waals surface area contributed by atoms with Crippen molar-refractivity contribution in [3.63, 3.8) is 0 Å². The van der Waals surface area contributed by atoms with Crippen molar-refractivity contribution in [3.8, 4) is 6.07 Å². The zero-order valence-corrected chi connectivity index (χ0v) is 18.4. The Hall–Kier alpha value is -4.24. The number of amides is 1. The van der Waals surface area contributed by atoms with Gasteiger partial charge in [0.15, 0.2) is 0 Å². The van der Waals surface area contributed by atoms with Gasteiger partial charge >= 0.3 is 0 Å². The monoisotopic (exact) mass is 451 g/mol. The van der Waals surface area contributed by atoms with Crippen LogP contribution in [-0.4, -0.2) is 41.1 Å². The van der Waals surface area contributed by atoms with E-state index in [0.29, 0.717) is 29.9 Å². The second kappa shape index (κ2) is 8.95. The quantitative estimate of drug-likeness (QED) is 0.714. The number of hydrogen-bond acceptors (Lipinski definition) is 5. The van der Waals surface area contributed by atoms with Gasteiger partial charge in [0.1, 0.15) is 11.5 Å². The summed E-state index contributed by atoms with van der Waals surface area (Å²) in [6, 6.07) is 14.1. The molecule has 0 saturated carbocycles. The third kappa shape index (κ3) is 4.08. The fourth-order valence-electron chi connectivity index (χ4n) is 4.23. The van der Waals surface area contributed by atoms with Crippen LogP contribution in [0.2, 0.25) is 0 Å². The topological polar surface area (TPSA) is 85.7 Å². The van der Waals surface area contributed by atoms with Gasteiger partial charge in [-0.15, -0.1) is 0 Å². The third-order valence-corrected chi connectivity index (χ3v) is 6.20. The Morgan fingerprint density at radius 1 is 1.15 bits per heavy atom. The zero-order chi connectivity index (χ0) is 23.7. The smallest absolute Gasteiger partial charge is 0.256 e. The van der Waals surface area contributed by atoms with Crippen LogP contribution in [-0.2, 0) is 0 Å². The molecule has 1 fully saturated rings. The number of nitriles is 1. The minimum absolute atomic E-state index is 0.0549. The van der Waals surface area contributed by atoms with Crippen molar-refractivity contribution in [1.29, 1.82) is 5.26 Å². The Balaban J connectivity index is 1.41. The number of halogens is 1. The molecule has 2 aromatic carbocycles. The van der Waals surface area contributed by atoms with Crippen LogP contribution in [0, 0.1) is 17.1 Å². The Morgan fingerprint density at radius 2 is 1.88 bits per heavy atom. The van der Waals surface area contributed by atoms with E-state index in [4.69, 9.17) is 11.0 Å². The summed E-state index contributed by atoms with van der Waals surface area (Å²) in [7, 11) is 0. The first-order valence-corrected chi connectivity index (χ1v) is 11.1. The predicted molar refractivity (Wildman–Crippen MR) is 129 cm³/mol. The number of benzene rings is 2. The standard InChI is InChI=1S/C27H22FN5O/c28-24-14-20(8-9-23(24)27(34)32-12-10-21(30)11-13-32)25-17-33-22(16-31-25)2-1-3-26(33)19-6-4-18(15-29)5-7-19/h1,3-9,14,16-17,21H,10-13,30H2. The van der Waals surface area contributed by atoms with Crippen molar-refractivity contribution in [2.75, 3.05) is 13.1 Å². The van der Waals surface area contributed by atoms with Crippen LogP contribution in [0.1, 0.15) is 39.9 Å². The van der Waals surface area contributed by atoms with E-state index in [2.05, 4.69) is 16.8 Å². The van der Waals surface area contributed by atoms with Crippen molar-refractivity contribution in [2.45, 2.75) is 18.9 Å². The lowest BCUT2D eigenvalue weighted by Crippen LogP contribution is -2.43. The molecular formula is C27H22FN5O. The number of likely N-dealkylation sites (tertiary alicyclic amines) is 1. The Morgan fingerprint density at radius 3 is 2.59 bits per heavy atom. The molecule has 0 aliphatic carbocycles. The van der Waals surface area contributed by atoms with Crippen molar-refractivity contribution >= 4 is 23.5 Å². The molecular weight excluding hydrogens is 429 g/mol. The molecule has 34 heavy (non-hydrogen) atoms. The summed E-state index contributed by atoms with van der Waals surface area (Å²) < 4.78 is 15.0. The van der Waals surface area contributed by atoms with E-state index in [1.165, 1.54) is 12.1 Å². The molecule has 0 unspecified atom stereocenters. The summed E-state index contributed by atoms with van der Waals surface area (Å²) in [4.78, 5) is 20.9. The molecule has 0 atom stereocenters. The minimum Gasteiger partial charge on any atom is -0.338 e. The number of rotatable bonds is 3. The van der Waals surface area contributed by atoms with Gasteiger partial charge in [0.05, 0.1) is 34.8 Å². The lowest BCUT2D eigenvalue weighted by Gasteiger charge is -2.30. The maximum Gasteiger partial charge on any atom is 0.256 e. The first-order chi connectivity index (χ1) is 16.5. The highest BCUT2D eigenvalue weighted by Gasteiger charge is 2.25. The molecule has 7 heteroatoms. The van der Waals surface area contributed by atoms with Gasteiger partial charge in [0.25, 0.3) is 5.91 Å². The normalized spacial score (nSPS) is 17.5. The Kier molecular flexibility index (Phi) is 5.69. The number of piperidine rings is 1. The lowest BCUT2D eigenvalue weighted by molar-refractivity contribution is 0.0710. The number of nitrogens with two attached hydrogens (primary N) is 1. The van der Waals surface area contributed by atoms with Crippen molar-refractivity contribution in [3.05, 3.63) is 100 Å². The van der Waals surface area contributed by atoms with Gasteiger partial charge in [0, 0.05) is 30.9 Å². The average Bonchev–Trinajstić information content (AvgIpc) is 2.88. The number of aliphatic imine (C=N–C) groups is 1. The fourth-order valence-corrected chi connectivity index (χ4v) is 4.23. The Labute approximate surface area is 197 Å². The highest BCUT2D eigenvalue weighted by Crippen LogP contribution is 2.32. The molecule has 3 heterocycles. The number of hydrogen-bond donors (Lipinski definition) is 1. The molecule has 6 nitrogen and oxygen atoms in total. The molecule has 0 radical (unpaired) electrons. The van der Waals surface area contributed by atoms with E-state index >= 15 is 4.39 Å². The molecule has 0 spiro atoms. The van der Waals surface area contributed by atoms with Gasteiger partial charge in [-0.3, -0.25) is 9.79 Å². The van der Waals surface area contributed by atoms with Gasteiger partial charge in [-0.2, -0.15) is 5.26 Å². The minimum atomic E-state index is -0.573. The number of nitrogens with zero attached hydrogens (tertiary/aromatic N) is 4. The van der Waals surface area contributed by atoms with Crippen LogP contribution in [0.25, 0.3) is 11.4 Å².